The van der Waals surface area contributed by atoms with E-state index >= 15 is 0 Å². The lowest BCUT2D eigenvalue weighted by Gasteiger charge is -2.49. The van der Waals surface area contributed by atoms with Gasteiger partial charge in [-0.1, -0.05) is 128 Å². The topological polar surface area (TPSA) is 670 Å². The summed E-state index contributed by atoms with van der Waals surface area (Å²) in [7, 11) is -11.4. The first-order chi connectivity index (χ1) is 67.9. The smallest absolute Gasteiger partial charge is 0.479 e. The van der Waals surface area contributed by atoms with Crippen LogP contribution >= 0.6 is 15.6 Å². The van der Waals surface area contributed by atoms with Crippen molar-refractivity contribution in [1.29, 1.82) is 0 Å². The fraction of sp³-hybridized carbons (Fsp3) is 0.758. The average Bonchev–Trinajstić information content (AvgIpc) is 0.762. The second kappa shape index (κ2) is 61.7. The van der Waals surface area contributed by atoms with Gasteiger partial charge in [-0.2, -0.15) is 4.31 Å². The van der Waals surface area contributed by atoms with E-state index in [2.05, 4.69) is 134 Å². The normalized spacial score (nSPS) is 36.7. The lowest BCUT2D eigenvalue weighted by atomic mass is 9.95. The Bertz CT molecular complexity index is 4380. The maximum atomic E-state index is 13.4. The summed E-state index contributed by atoms with van der Waals surface area (Å²) < 4.78 is 119. The van der Waals surface area contributed by atoms with Crippen molar-refractivity contribution >= 4 is 27.6 Å². The Morgan fingerprint density at radius 3 is 1.02 bits per heavy atom. The summed E-state index contributed by atoms with van der Waals surface area (Å²) in [5.74, 6) is -3.01. The minimum atomic E-state index is -5.88. The number of aliphatic hydroxyl groups is 19. The largest absolute Gasteiger partial charge is 0.483 e. The Labute approximate surface area is 842 Å². The molecule has 7 heterocycles. The Morgan fingerprint density at radius 1 is 0.299 bits per heavy atom. The number of allylic oxidation sites excluding steroid dienone is 21. The summed E-state index contributed by atoms with van der Waals surface area (Å²) in [4.78, 5) is 46.4. The predicted molar refractivity (Wildman–Crippen MR) is 515 cm³/mol. The number of hydrogen-bond donors (Lipinski definition) is 22. The van der Waals surface area contributed by atoms with Gasteiger partial charge < -0.3 is 178 Å². The quantitative estimate of drug-likeness (QED) is 0.0219. The van der Waals surface area contributed by atoms with Crippen LogP contribution in [0.4, 0.5) is 0 Å². The first-order valence-corrected chi connectivity index (χ1v) is 52.4. The molecule has 2 unspecified atom stereocenters. The molecule has 0 saturated carbocycles. The van der Waals surface area contributed by atoms with Gasteiger partial charge in [0.2, 0.25) is 0 Å². The number of phosphoric acid groups is 2. The standard InChI is InChI=1S/C99H162O43P2/c1-15-52(2)26-16-27-53(3)28-17-29-54(4)30-18-31-55(5)32-19-33-56(6)34-20-35-57(7)36-21-37-58(8)38-22-39-59(9)40-23-41-60(10)42-24-43-61(11)44-25-45-62(12)48-129-143(122,123)142-144(124,125)141-98-85(118)79(112)87(66(47-101)132-98)136-97-86(119)88(74(107)65(46-100)131-97)137-99-90(78(111)73(106)67(135-99)49-126-64(14)102)139-96-84(117)80(113)89(91(140-96)92(120)121)138-95-83(116)77(110)72(105)69(134-95)51-128-94-82(115)76(109)71(104)68(133-94)50-127-93-81(114)75(108)70(103)63(13)130-93/h15,27,29,31,33,35,37,39,41,43,45,63,65-91,93-101,103-119H,16-26,28,30,32,34,36,38,40,42,44,46-51H2,1-14H3,(H,120,121)(H,122,123)(H,124,125)/b52-15-,53-27-,54-29-,55-31-,56-33-,57-35-,58-37-,59-39-,60-41+,61-43+,62-45+/t63-,65+,66+,67+,68+,69+,70-,71+,72+,73+,74+,75+,76-,77-,78-,79+,80+,81+,82+,83+,84+,85+,86+,87+,88-,89-,90-,91-,93+,94+,95+,96+,97-,98+,99+/m0/s1. The second-order valence-electron chi connectivity index (χ2n) is 38.7. The van der Waals surface area contributed by atoms with E-state index in [1.54, 1.807) is 13.0 Å². The molecule has 7 aliphatic rings. The van der Waals surface area contributed by atoms with E-state index in [1.807, 2.05) is 6.92 Å². The number of carbonyl (C=O) groups is 2. The van der Waals surface area contributed by atoms with Crippen LogP contribution in [0.3, 0.4) is 0 Å². The number of carbonyl (C=O) groups excluding carboxylic acids is 1. The molecule has 7 aliphatic heterocycles. The molecule has 7 saturated heterocycles. The molecule has 0 bridgehead atoms. The van der Waals surface area contributed by atoms with E-state index in [4.69, 9.17) is 75.4 Å². The van der Waals surface area contributed by atoms with Crippen LogP contribution in [0.5, 0.6) is 0 Å². The van der Waals surface area contributed by atoms with Crippen LogP contribution < -0.4 is 0 Å². The van der Waals surface area contributed by atoms with Crippen LogP contribution in [0.2, 0.25) is 0 Å². The lowest BCUT2D eigenvalue weighted by molar-refractivity contribution is -0.399. The minimum absolute atomic E-state index is 0.425. The molecule has 0 amide bonds. The Morgan fingerprint density at radius 2 is 0.604 bits per heavy atom. The van der Waals surface area contributed by atoms with E-state index in [1.165, 1.54) is 57.1 Å². The lowest BCUT2D eigenvalue weighted by Crippen LogP contribution is -2.68. The van der Waals surface area contributed by atoms with Gasteiger partial charge in [-0.3, -0.25) is 13.8 Å². The zero-order valence-electron chi connectivity index (χ0n) is 84.7. The molecule has 7 fully saturated rings. The molecule has 0 aromatic heterocycles. The van der Waals surface area contributed by atoms with Crippen molar-refractivity contribution in [2.75, 3.05) is 39.6 Å². The van der Waals surface area contributed by atoms with Gasteiger partial charge in [-0.05, 0) is 218 Å². The number of carboxylic acids is 1. The highest BCUT2D eigenvalue weighted by atomic mass is 31.3. The van der Waals surface area contributed by atoms with Gasteiger partial charge in [0.25, 0.3) is 0 Å². The van der Waals surface area contributed by atoms with Crippen LogP contribution in [0.25, 0.3) is 0 Å². The van der Waals surface area contributed by atoms with Crippen molar-refractivity contribution in [2.24, 2.45) is 0 Å². The monoisotopic (exact) mass is 2100 g/mol. The average molecular weight is 2100 g/mol. The molecule has 0 aromatic carbocycles. The molecule has 22 N–H and O–H groups in total. The Balaban J connectivity index is 0.837. The zero-order chi connectivity index (χ0) is 107. The molecule has 826 valence electrons. The van der Waals surface area contributed by atoms with Crippen molar-refractivity contribution in [3.8, 4) is 0 Å². The first-order valence-electron chi connectivity index (χ1n) is 49.4. The highest BCUT2D eigenvalue weighted by molar-refractivity contribution is 7.61. The van der Waals surface area contributed by atoms with E-state index in [-0.39, 0.29) is 0 Å². The summed E-state index contributed by atoms with van der Waals surface area (Å²) in [6.07, 6.45) is -29.9. The number of hydrogen-bond acceptors (Lipinski definition) is 40. The Kier molecular flexibility index (Phi) is 54.0. The molecular formula is C99H162O43P2. The molecule has 43 nitrogen and oxygen atoms in total. The van der Waals surface area contributed by atoms with Crippen LogP contribution in [0.1, 0.15) is 225 Å². The number of aliphatic hydroxyl groups excluding tert-OH is 19. The summed E-state index contributed by atoms with van der Waals surface area (Å²) in [5, 5.41) is 221. The molecule has 0 radical (unpaired) electrons. The molecular weight excluding hydrogens is 1940 g/mol. The zero-order valence-corrected chi connectivity index (χ0v) is 86.5. The maximum absolute atomic E-state index is 13.4. The number of esters is 1. The van der Waals surface area contributed by atoms with E-state index in [0.29, 0.717) is 18.4 Å². The van der Waals surface area contributed by atoms with Gasteiger partial charge in [0, 0.05) is 6.92 Å². The fourth-order valence-corrected chi connectivity index (χ4v) is 19.2. The third kappa shape index (κ3) is 39.6. The van der Waals surface area contributed by atoms with Gasteiger partial charge in [-0.25, -0.2) is 13.9 Å². The number of aliphatic carboxylic acids is 1. The SMILES string of the molecule is C/C=C(/C)CC/C=C(/C)CC/C=C(/C)CC/C=C(/C)CC/C=C(/C)CC/C=C(/C)CC/C=C(/C)CC/C=C(/C)CC/C=C(\C)CC/C=C(\C)CC/C=C(\C)COP(=O)(O)OP(=O)(O)O[C@H]1O[C@H](CO)[C@@H](O[C@@H]2O[C@H](CO)[C@@H](O)[C@H](O[C@H]3O[C@H](COC(C)=O)[C@@H](O)[C@H](O)[C@@H]3O[C@@H]3O[C@H](C(=O)O)[C@@H](O[C@H]4O[C@H](CO[C@@H]5O[C@H](CO[C@@H]6O[C@@H](C)[C@H](O)[C@@H](O)[C@H]6O)[C@@H](O)[C@H](O)[C@H]5O)[C@@H](O)[C@H](O)[C@H]4O)[C@H](O)[C@H]3O)[C@H]2O)[C@H](O)[C@H]1O. The van der Waals surface area contributed by atoms with Crippen LogP contribution in [-0.4, -0.2) is 378 Å². The van der Waals surface area contributed by atoms with E-state index < -0.39 is 282 Å². The molecule has 0 aromatic rings. The van der Waals surface area contributed by atoms with E-state index in [0.717, 1.165) is 128 Å². The van der Waals surface area contributed by atoms with Crippen LogP contribution in [-0.2, 0) is 98.4 Å². The molecule has 7 rings (SSSR count). The van der Waals surface area contributed by atoms with Gasteiger partial charge in [0.05, 0.1) is 39.1 Å². The molecule has 0 spiro atoms. The van der Waals surface area contributed by atoms with Crippen LogP contribution in [0, 0.1) is 0 Å². The van der Waals surface area contributed by atoms with Gasteiger partial charge >= 0.3 is 27.6 Å². The van der Waals surface area contributed by atoms with Crippen LogP contribution in [0.15, 0.2) is 128 Å². The molecule has 144 heavy (non-hydrogen) atoms. The first kappa shape index (κ1) is 126. The second-order valence-corrected chi connectivity index (χ2v) is 41.7. The Hall–Kier alpha value is -4.94. The predicted octanol–water partition coefficient (Wildman–Crippen LogP) is 4.90. The number of ether oxygens (including phenoxy) is 14. The van der Waals surface area contributed by atoms with Gasteiger partial charge in [0.15, 0.2) is 50.1 Å². The van der Waals surface area contributed by atoms with Crippen molar-refractivity contribution in [2.45, 2.75) is 440 Å². The molecule has 0 aliphatic carbocycles. The van der Waals surface area contributed by atoms with Crippen molar-refractivity contribution < 1.29 is 210 Å². The summed E-state index contributed by atoms with van der Waals surface area (Å²) in [5.41, 5.74) is 14.3. The summed E-state index contributed by atoms with van der Waals surface area (Å²) in [6.45, 7) is 22.3. The van der Waals surface area contributed by atoms with Crippen molar-refractivity contribution in [3.05, 3.63) is 128 Å². The third-order valence-corrected chi connectivity index (χ3v) is 29.0. The number of carboxylic acid groups (broad SMARTS) is 1. The summed E-state index contributed by atoms with van der Waals surface area (Å²) >= 11 is 0. The maximum Gasteiger partial charge on any atom is 0.483 e. The number of rotatable bonds is 56. The fourth-order valence-electron chi connectivity index (χ4n) is 17.0. The summed E-state index contributed by atoms with van der Waals surface area (Å²) in [6, 6.07) is 0. The van der Waals surface area contributed by atoms with E-state index in [9.17, 15) is 131 Å². The molecule has 45 heteroatoms. The van der Waals surface area contributed by atoms with Gasteiger partial charge in [0.1, 0.15) is 165 Å². The minimum Gasteiger partial charge on any atom is -0.479 e. The number of phosphoric ester groups is 2. The highest BCUT2D eigenvalue weighted by Gasteiger charge is 2.60. The third-order valence-electron chi connectivity index (χ3n) is 26.4. The van der Waals surface area contributed by atoms with Crippen molar-refractivity contribution in [1.82, 2.24) is 0 Å². The molecule has 37 atom stereocenters. The van der Waals surface area contributed by atoms with Crippen molar-refractivity contribution in [3.63, 3.8) is 0 Å². The van der Waals surface area contributed by atoms with Gasteiger partial charge in [-0.15, -0.1) is 0 Å². The highest BCUT2D eigenvalue weighted by Crippen LogP contribution is 2.62.